The van der Waals surface area contributed by atoms with Crippen molar-refractivity contribution in [3.8, 4) is 0 Å². The van der Waals surface area contributed by atoms with Crippen LogP contribution in [0.5, 0.6) is 0 Å². The van der Waals surface area contributed by atoms with Crippen molar-refractivity contribution in [1.82, 2.24) is 20.5 Å². The van der Waals surface area contributed by atoms with Crippen molar-refractivity contribution in [3.05, 3.63) is 16.1 Å². The van der Waals surface area contributed by atoms with Crippen molar-refractivity contribution < 1.29 is 4.79 Å². The Kier molecular flexibility index (Phi) is 9.28. The van der Waals surface area contributed by atoms with Gasteiger partial charge in [-0.05, 0) is 25.7 Å². The van der Waals surface area contributed by atoms with Gasteiger partial charge in [-0.1, -0.05) is 26.2 Å². The van der Waals surface area contributed by atoms with Gasteiger partial charge in [0.25, 0.3) is 0 Å². The second-order valence-corrected chi connectivity index (χ2v) is 8.45. The summed E-state index contributed by atoms with van der Waals surface area (Å²) >= 11 is 1.74. The fraction of sp³-hybridized carbons (Fsp3) is 0.737. The van der Waals surface area contributed by atoms with Crippen LogP contribution in [0, 0.1) is 5.92 Å². The van der Waals surface area contributed by atoms with Gasteiger partial charge in [-0.25, -0.2) is 4.98 Å². The first-order valence-electron chi connectivity index (χ1n) is 9.89. The summed E-state index contributed by atoms with van der Waals surface area (Å²) in [6, 6.07) is 0.274. The summed E-state index contributed by atoms with van der Waals surface area (Å²) in [6.07, 6.45) is 9.80. The molecule has 1 saturated carbocycles. The number of likely N-dealkylation sites (tertiary alicyclic amines) is 1. The minimum absolute atomic E-state index is 0. The van der Waals surface area contributed by atoms with Gasteiger partial charge in [0, 0.05) is 43.2 Å². The van der Waals surface area contributed by atoms with Crippen molar-refractivity contribution in [2.24, 2.45) is 10.9 Å². The summed E-state index contributed by atoms with van der Waals surface area (Å²) in [6.45, 7) is 4.47. The van der Waals surface area contributed by atoms with Crippen molar-refractivity contribution in [3.63, 3.8) is 0 Å². The van der Waals surface area contributed by atoms with Gasteiger partial charge >= 0.3 is 0 Å². The molecule has 0 radical (unpaired) electrons. The molecule has 2 fully saturated rings. The largest absolute Gasteiger partial charge is 0.352 e. The fourth-order valence-corrected chi connectivity index (χ4v) is 4.63. The first-order chi connectivity index (χ1) is 12.7. The Hall–Kier alpha value is -0.900. The summed E-state index contributed by atoms with van der Waals surface area (Å²) in [4.78, 5) is 24.8. The Bertz CT molecular complexity index is 629. The van der Waals surface area contributed by atoms with Crippen LogP contribution in [-0.4, -0.2) is 47.9 Å². The lowest BCUT2D eigenvalue weighted by Crippen LogP contribution is -2.45. The molecule has 2 N–H and O–H groups in total. The zero-order valence-corrected chi connectivity index (χ0v) is 19.5. The number of nitrogens with one attached hydrogen (secondary N) is 2. The normalized spacial score (nSPS) is 21.0. The molecule has 1 aliphatic carbocycles. The van der Waals surface area contributed by atoms with Crippen LogP contribution in [0.25, 0.3) is 0 Å². The van der Waals surface area contributed by atoms with E-state index in [9.17, 15) is 4.79 Å². The summed E-state index contributed by atoms with van der Waals surface area (Å²) in [5, 5.41) is 7.88. The van der Waals surface area contributed by atoms with Crippen LogP contribution >= 0.6 is 35.3 Å². The number of amides is 1. The smallest absolute Gasteiger partial charge is 0.225 e. The molecule has 1 aromatic rings. The van der Waals surface area contributed by atoms with Gasteiger partial charge in [0.05, 0.1) is 6.54 Å². The molecule has 0 aromatic carbocycles. The molecule has 0 spiro atoms. The number of guanidine groups is 1. The molecule has 27 heavy (non-hydrogen) atoms. The van der Waals surface area contributed by atoms with E-state index in [1.165, 1.54) is 24.1 Å². The maximum absolute atomic E-state index is 12.7. The van der Waals surface area contributed by atoms with Crippen LogP contribution in [0.3, 0.4) is 0 Å². The van der Waals surface area contributed by atoms with Crippen LogP contribution < -0.4 is 10.6 Å². The highest BCUT2D eigenvalue weighted by Crippen LogP contribution is 2.26. The standard InChI is InChI=1S/C19H31N5OS.HI/c1-3-16-11-21-17(26-16)12-22-19(20-2)23-15-9-10-24(13-15)18(25)14-7-5-4-6-8-14;/h11,14-15H,3-10,12-13H2,1-2H3,(H2,20,22,23);1H. The van der Waals surface area contributed by atoms with Gasteiger partial charge in [-0.15, -0.1) is 35.3 Å². The third-order valence-corrected chi connectivity index (χ3v) is 6.52. The number of nitrogens with zero attached hydrogens (tertiary/aromatic N) is 3. The van der Waals surface area contributed by atoms with Gasteiger partial charge in [0.2, 0.25) is 5.91 Å². The number of carbonyl (C=O) groups is 1. The quantitative estimate of drug-likeness (QED) is 0.367. The number of hydrogen-bond donors (Lipinski definition) is 2. The topological polar surface area (TPSA) is 69.6 Å². The molecule has 1 saturated heterocycles. The van der Waals surface area contributed by atoms with Crippen LogP contribution in [0.1, 0.15) is 55.3 Å². The number of carbonyl (C=O) groups excluding carboxylic acids is 1. The van der Waals surface area contributed by atoms with Crippen molar-refractivity contribution >= 4 is 47.2 Å². The molecule has 1 aliphatic heterocycles. The molecule has 1 aromatic heterocycles. The molecule has 1 unspecified atom stereocenters. The van der Waals surface area contributed by atoms with E-state index in [1.807, 2.05) is 6.20 Å². The summed E-state index contributed by atoms with van der Waals surface area (Å²) in [7, 11) is 1.79. The SMILES string of the molecule is CCc1cnc(CNC(=NC)NC2CCN(C(=O)C3CCCCC3)C2)s1.I. The molecule has 2 heterocycles. The Morgan fingerprint density at radius 3 is 2.78 bits per heavy atom. The van der Waals surface area contributed by atoms with E-state index in [1.54, 1.807) is 18.4 Å². The molecule has 152 valence electrons. The lowest BCUT2D eigenvalue weighted by molar-refractivity contribution is -0.135. The predicted molar refractivity (Wildman–Crippen MR) is 122 cm³/mol. The minimum Gasteiger partial charge on any atom is -0.352 e. The number of aromatic nitrogens is 1. The van der Waals surface area contributed by atoms with Crippen LogP contribution in [0.2, 0.25) is 0 Å². The number of aliphatic imine (C=N–C) groups is 1. The van der Waals surface area contributed by atoms with E-state index < -0.39 is 0 Å². The third kappa shape index (κ3) is 6.30. The molecule has 0 bridgehead atoms. The zero-order valence-electron chi connectivity index (χ0n) is 16.4. The van der Waals surface area contributed by atoms with Gasteiger partial charge < -0.3 is 15.5 Å². The summed E-state index contributed by atoms with van der Waals surface area (Å²) in [5.41, 5.74) is 0. The molecule has 8 heteroatoms. The third-order valence-electron chi connectivity index (χ3n) is 5.38. The highest BCUT2D eigenvalue weighted by Gasteiger charge is 2.31. The molecule has 3 rings (SSSR count). The average Bonchev–Trinajstić information content (AvgIpc) is 3.34. The van der Waals surface area contributed by atoms with Crippen LogP contribution in [-0.2, 0) is 17.8 Å². The van der Waals surface area contributed by atoms with E-state index in [-0.39, 0.29) is 35.9 Å². The molecular weight excluding hydrogens is 473 g/mol. The van der Waals surface area contributed by atoms with E-state index >= 15 is 0 Å². The van der Waals surface area contributed by atoms with E-state index in [0.29, 0.717) is 12.5 Å². The second-order valence-electron chi connectivity index (χ2n) is 7.25. The van der Waals surface area contributed by atoms with Crippen LogP contribution in [0.15, 0.2) is 11.2 Å². The van der Waals surface area contributed by atoms with Gasteiger partial charge in [-0.3, -0.25) is 9.79 Å². The lowest BCUT2D eigenvalue weighted by atomic mass is 9.88. The number of halogens is 1. The highest BCUT2D eigenvalue weighted by atomic mass is 127. The Balaban J connectivity index is 0.00000261. The molecule has 2 aliphatic rings. The molecule has 1 amide bonds. The minimum atomic E-state index is 0. The second kappa shape index (κ2) is 11.2. The Labute approximate surface area is 183 Å². The number of rotatable bonds is 5. The Morgan fingerprint density at radius 1 is 1.33 bits per heavy atom. The maximum Gasteiger partial charge on any atom is 0.225 e. The monoisotopic (exact) mass is 505 g/mol. The van der Waals surface area contributed by atoms with Crippen molar-refractivity contribution in [1.29, 1.82) is 0 Å². The highest BCUT2D eigenvalue weighted by molar-refractivity contribution is 14.0. The van der Waals surface area contributed by atoms with Crippen molar-refractivity contribution in [2.45, 2.75) is 64.5 Å². The molecular formula is C19H32IN5OS. The van der Waals surface area contributed by atoms with E-state index in [2.05, 4.69) is 32.4 Å². The fourth-order valence-electron chi connectivity index (χ4n) is 3.83. The molecule has 6 nitrogen and oxygen atoms in total. The Morgan fingerprint density at radius 2 is 2.11 bits per heavy atom. The van der Waals surface area contributed by atoms with Crippen molar-refractivity contribution in [2.75, 3.05) is 20.1 Å². The predicted octanol–water partition coefficient (Wildman–Crippen LogP) is 3.17. The lowest BCUT2D eigenvalue weighted by Gasteiger charge is -2.26. The number of aryl methyl sites for hydroxylation is 1. The first kappa shape index (κ1) is 22.4. The zero-order chi connectivity index (χ0) is 18.4. The van der Waals surface area contributed by atoms with Gasteiger partial charge in [-0.2, -0.15) is 0 Å². The average molecular weight is 505 g/mol. The van der Waals surface area contributed by atoms with E-state index in [4.69, 9.17) is 0 Å². The maximum atomic E-state index is 12.7. The number of thiazole rings is 1. The number of hydrogen-bond acceptors (Lipinski definition) is 4. The van der Waals surface area contributed by atoms with Crippen LogP contribution in [0.4, 0.5) is 0 Å². The van der Waals surface area contributed by atoms with E-state index in [0.717, 1.165) is 49.7 Å². The first-order valence-corrected chi connectivity index (χ1v) is 10.7. The summed E-state index contributed by atoms with van der Waals surface area (Å²) in [5.74, 6) is 1.42. The van der Waals surface area contributed by atoms with Gasteiger partial charge in [0.1, 0.15) is 5.01 Å². The molecule has 1 atom stereocenters. The summed E-state index contributed by atoms with van der Waals surface area (Å²) < 4.78 is 0. The van der Waals surface area contributed by atoms with Gasteiger partial charge in [0.15, 0.2) is 5.96 Å².